The van der Waals surface area contributed by atoms with Crippen molar-refractivity contribution < 1.29 is 40.6 Å². The smallest absolute Gasteiger partial charge is 0.431 e. The summed E-state index contributed by atoms with van der Waals surface area (Å²) in [4.78, 5) is 11.9. The Hall–Kier alpha value is -1.65. The molecule has 2 heterocycles. The summed E-state index contributed by atoms with van der Waals surface area (Å²) in [5, 5.41) is 0. The van der Waals surface area contributed by atoms with Crippen molar-refractivity contribution in [3.63, 3.8) is 0 Å². The first-order valence-corrected chi connectivity index (χ1v) is 9.70. The standard InChI is InChI=1S/C11H18N4O9S2/c16-11(23-7-1-3-21-9(5-7)12-14-25(17)18)24-8-2-4-22-10(6-8)13-15-26(19)20/h7-10,12-13H,1-6H2. The minimum atomic E-state index is -2.62. The van der Waals surface area contributed by atoms with Crippen molar-refractivity contribution >= 4 is 27.2 Å². The summed E-state index contributed by atoms with van der Waals surface area (Å²) in [5.74, 6) is 0. The van der Waals surface area contributed by atoms with Gasteiger partial charge in [0.1, 0.15) is 24.7 Å². The van der Waals surface area contributed by atoms with Gasteiger partial charge in [-0.25, -0.2) is 4.79 Å². The van der Waals surface area contributed by atoms with Crippen molar-refractivity contribution in [3.05, 3.63) is 0 Å². The van der Waals surface area contributed by atoms with Crippen molar-refractivity contribution in [3.8, 4) is 0 Å². The third-order valence-electron chi connectivity index (χ3n) is 3.54. The molecule has 2 rings (SSSR count). The number of nitrogens with zero attached hydrogens (tertiary/aromatic N) is 2. The van der Waals surface area contributed by atoms with Gasteiger partial charge in [-0.15, -0.1) is 0 Å². The Morgan fingerprint density at radius 3 is 1.65 bits per heavy atom. The van der Waals surface area contributed by atoms with Crippen molar-refractivity contribution in [1.82, 2.24) is 10.9 Å². The lowest BCUT2D eigenvalue weighted by Gasteiger charge is -2.30. The van der Waals surface area contributed by atoms with Gasteiger partial charge in [0, 0.05) is 25.7 Å². The van der Waals surface area contributed by atoms with Crippen LogP contribution >= 0.6 is 0 Å². The summed E-state index contributed by atoms with van der Waals surface area (Å²) in [6, 6.07) is 0. The van der Waals surface area contributed by atoms with E-state index in [4.69, 9.17) is 18.9 Å². The lowest BCUT2D eigenvalue weighted by atomic mass is 10.1. The monoisotopic (exact) mass is 414 g/mol. The normalized spacial score (nSPS) is 28.6. The van der Waals surface area contributed by atoms with E-state index in [1.54, 1.807) is 0 Å². The maximum absolute atomic E-state index is 11.9. The number of carbonyl (C=O) groups is 1. The topological polar surface area (TPSA) is 171 Å². The third-order valence-corrected chi connectivity index (χ3v) is 4.05. The number of hydrogen-bond acceptors (Lipinski definition) is 11. The molecule has 0 spiro atoms. The van der Waals surface area contributed by atoms with Gasteiger partial charge in [-0.3, -0.25) is 0 Å². The largest absolute Gasteiger partial charge is 0.508 e. The molecule has 148 valence electrons. The van der Waals surface area contributed by atoms with Crippen LogP contribution in [0.1, 0.15) is 25.7 Å². The Kier molecular flexibility index (Phi) is 8.33. The Morgan fingerprint density at radius 1 is 0.846 bits per heavy atom. The number of ether oxygens (including phenoxy) is 4. The fraction of sp³-hybridized carbons (Fsp3) is 0.909. The predicted octanol–water partition coefficient (Wildman–Crippen LogP) is -0.716. The molecule has 0 aromatic rings. The van der Waals surface area contributed by atoms with E-state index >= 15 is 0 Å². The van der Waals surface area contributed by atoms with Crippen molar-refractivity contribution in [1.29, 1.82) is 0 Å². The van der Waals surface area contributed by atoms with E-state index in [9.17, 15) is 21.6 Å². The van der Waals surface area contributed by atoms with Gasteiger partial charge in [0.05, 0.1) is 13.2 Å². The summed E-state index contributed by atoms with van der Waals surface area (Å²) >= 11 is 0. The highest BCUT2D eigenvalue weighted by molar-refractivity contribution is 7.61. The Morgan fingerprint density at radius 2 is 1.27 bits per heavy atom. The van der Waals surface area contributed by atoms with E-state index in [1.807, 2.05) is 0 Å². The Labute approximate surface area is 151 Å². The van der Waals surface area contributed by atoms with E-state index in [1.165, 1.54) is 0 Å². The number of carbonyl (C=O) groups excluding carboxylic acids is 1. The summed E-state index contributed by atoms with van der Waals surface area (Å²) in [5.41, 5.74) is 4.61. The fourth-order valence-electron chi connectivity index (χ4n) is 2.43. The molecule has 15 heteroatoms. The van der Waals surface area contributed by atoms with Crippen molar-refractivity contribution in [2.24, 2.45) is 8.94 Å². The molecule has 0 aromatic carbocycles. The van der Waals surface area contributed by atoms with E-state index in [0.717, 1.165) is 0 Å². The molecule has 2 saturated heterocycles. The van der Waals surface area contributed by atoms with E-state index in [2.05, 4.69) is 19.8 Å². The molecular weight excluding hydrogens is 396 g/mol. The Bertz CT molecular complexity index is 676. The highest BCUT2D eigenvalue weighted by Gasteiger charge is 2.29. The first kappa shape index (κ1) is 20.7. The van der Waals surface area contributed by atoms with E-state index < -0.39 is 51.8 Å². The second kappa shape index (κ2) is 10.5. The molecule has 0 aromatic heterocycles. The van der Waals surface area contributed by atoms with Crippen LogP contribution in [0.4, 0.5) is 4.79 Å². The number of hydrogen-bond donors (Lipinski definition) is 2. The van der Waals surface area contributed by atoms with Crippen LogP contribution in [0.5, 0.6) is 0 Å². The Balaban J connectivity index is 1.76. The van der Waals surface area contributed by atoms with Gasteiger partial charge in [0.15, 0.2) is 0 Å². The van der Waals surface area contributed by atoms with E-state index in [-0.39, 0.29) is 26.1 Å². The second-order valence-corrected chi connectivity index (χ2v) is 6.61. The average molecular weight is 414 g/mol. The highest BCUT2D eigenvalue weighted by atomic mass is 32.2. The van der Waals surface area contributed by atoms with Gasteiger partial charge in [0.2, 0.25) is 0 Å². The molecular formula is C11H18N4O9S2. The zero-order valence-corrected chi connectivity index (χ0v) is 15.1. The number of nitrogens with one attached hydrogen (secondary N) is 2. The minimum Gasteiger partial charge on any atom is -0.431 e. The van der Waals surface area contributed by atoms with Gasteiger partial charge in [-0.2, -0.15) is 27.7 Å². The lowest BCUT2D eigenvalue weighted by molar-refractivity contribution is -0.0991. The number of rotatable bonds is 6. The third kappa shape index (κ3) is 7.71. The molecule has 2 fully saturated rings. The van der Waals surface area contributed by atoms with Gasteiger partial charge < -0.3 is 18.9 Å². The van der Waals surface area contributed by atoms with Crippen LogP contribution < -0.4 is 10.9 Å². The van der Waals surface area contributed by atoms with Crippen molar-refractivity contribution in [2.75, 3.05) is 13.2 Å². The molecule has 0 amide bonds. The molecule has 0 radical (unpaired) electrons. The first-order valence-electron chi connectivity index (χ1n) is 7.64. The molecule has 2 aliphatic heterocycles. The maximum Gasteiger partial charge on any atom is 0.508 e. The SMILES string of the molecule is O=C(OC1CCOC(NN=S(=O)=O)C1)OC1CCOC(NN=S(=O)=O)C1. The van der Waals surface area contributed by atoms with Crippen LogP contribution in [0.15, 0.2) is 8.94 Å². The zero-order valence-electron chi connectivity index (χ0n) is 13.4. The molecule has 2 N–H and O–H groups in total. The first-order chi connectivity index (χ1) is 12.4. The summed E-state index contributed by atoms with van der Waals surface area (Å²) in [6.45, 7) is 0.515. The summed E-state index contributed by atoms with van der Waals surface area (Å²) in [6.07, 6.45) is -2.01. The minimum absolute atomic E-state index is 0.210. The van der Waals surface area contributed by atoms with Gasteiger partial charge in [-0.1, -0.05) is 8.94 Å². The zero-order chi connectivity index (χ0) is 18.9. The summed E-state index contributed by atoms with van der Waals surface area (Å²) < 4.78 is 68.6. The van der Waals surface area contributed by atoms with E-state index in [0.29, 0.717) is 12.8 Å². The van der Waals surface area contributed by atoms with Crippen LogP contribution in [0.25, 0.3) is 0 Å². The lowest BCUT2D eigenvalue weighted by Crippen LogP contribution is -2.41. The predicted molar refractivity (Wildman–Crippen MR) is 82.1 cm³/mol. The van der Waals surface area contributed by atoms with Crippen LogP contribution in [-0.2, 0) is 39.9 Å². The van der Waals surface area contributed by atoms with Crippen LogP contribution in [-0.4, -0.2) is 60.9 Å². The van der Waals surface area contributed by atoms with Crippen LogP contribution in [0, 0.1) is 0 Å². The fourth-order valence-corrected chi connectivity index (χ4v) is 2.84. The second-order valence-electron chi connectivity index (χ2n) is 5.37. The quantitative estimate of drug-likeness (QED) is 0.415. The van der Waals surface area contributed by atoms with Crippen LogP contribution in [0.3, 0.4) is 0 Å². The molecule has 13 nitrogen and oxygen atoms in total. The average Bonchev–Trinajstić information content (AvgIpc) is 2.59. The van der Waals surface area contributed by atoms with Gasteiger partial charge >= 0.3 is 27.2 Å². The molecule has 4 atom stereocenters. The molecule has 2 aliphatic rings. The maximum atomic E-state index is 11.9. The van der Waals surface area contributed by atoms with Gasteiger partial charge in [0.25, 0.3) is 0 Å². The molecule has 26 heavy (non-hydrogen) atoms. The van der Waals surface area contributed by atoms with Gasteiger partial charge in [-0.05, 0) is 0 Å². The molecule has 4 unspecified atom stereocenters. The molecule has 0 aliphatic carbocycles. The molecule has 0 saturated carbocycles. The molecule has 0 bridgehead atoms. The van der Waals surface area contributed by atoms with Crippen LogP contribution in [0.2, 0.25) is 0 Å². The van der Waals surface area contributed by atoms with Crippen molar-refractivity contribution in [2.45, 2.75) is 50.3 Å². The highest BCUT2D eigenvalue weighted by Crippen LogP contribution is 2.19. The summed E-state index contributed by atoms with van der Waals surface area (Å²) in [7, 11) is -5.23.